The second-order valence-electron chi connectivity index (χ2n) is 4.32. The van der Waals surface area contributed by atoms with Crippen LogP contribution in [0.5, 0.6) is 0 Å². The van der Waals surface area contributed by atoms with E-state index in [2.05, 4.69) is 30.3 Å². The van der Waals surface area contributed by atoms with Crippen LogP contribution in [0.15, 0.2) is 18.3 Å². The van der Waals surface area contributed by atoms with Crippen LogP contribution in [0.2, 0.25) is 0 Å². The molecule has 0 spiro atoms. The normalized spacial score (nSPS) is 13.1. The van der Waals surface area contributed by atoms with Crippen molar-refractivity contribution in [3.63, 3.8) is 0 Å². The van der Waals surface area contributed by atoms with Crippen molar-refractivity contribution >= 4 is 0 Å². The quantitative estimate of drug-likeness (QED) is 0.573. The van der Waals surface area contributed by atoms with Gasteiger partial charge < -0.3 is 0 Å². The highest BCUT2D eigenvalue weighted by atomic mass is 15.2. The third kappa shape index (κ3) is 3.29. The summed E-state index contributed by atoms with van der Waals surface area (Å²) in [5.74, 6) is 6.38. The molecule has 0 aromatic carbocycles. The van der Waals surface area contributed by atoms with Gasteiger partial charge in [0.2, 0.25) is 0 Å². The van der Waals surface area contributed by atoms with E-state index in [1.807, 2.05) is 19.2 Å². The summed E-state index contributed by atoms with van der Waals surface area (Å²) in [5.41, 5.74) is 5.20. The van der Waals surface area contributed by atoms with Gasteiger partial charge in [-0.1, -0.05) is 32.8 Å². The average Bonchev–Trinajstić information content (AvgIpc) is 2.32. The van der Waals surface area contributed by atoms with Crippen molar-refractivity contribution in [2.24, 2.45) is 11.8 Å². The van der Waals surface area contributed by atoms with E-state index in [1.54, 1.807) is 0 Å². The van der Waals surface area contributed by atoms with Crippen molar-refractivity contribution in [2.45, 2.75) is 46.1 Å². The van der Waals surface area contributed by atoms with E-state index < -0.39 is 0 Å². The predicted octanol–water partition coefficient (Wildman–Crippen LogP) is 2.72. The van der Waals surface area contributed by atoms with Crippen molar-refractivity contribution < 1.29 is 0 Å². The third-order valence-electron chi connectivity index (χ3n) is 3.35. The van der Waals surface area contributed by atoms with Crippen molar-refractivity contribution in [1.82, 2.24) is 10.4 Å². The van der Waals surface area contributed by atoms with Crippen LogP contribution in [-0.2, 0) is 0 Å². The molecule has 0 amide bonds. The monoisotopic (exact) mass is 221 g/mol. The van der Waals surface area contributed by atoms with Gasteiger partial charge in [0.15, 0.2) is 0 Å². The first kappa shape index (κ1) is 13.1. The summed E-state index contributed by atoms with van der Waals surface area (Å²) in [6, 6.07) is 4.30. The number of hydrazine groups is 1. The zero-order valence-electron chi connectivity index (χ0n) is 10.5. The van der Waals surface area contributed by atoms with E-state index in [-0.39, 0.29) is 6.04 Å². The van der Waals surface area contributed by atoms with Gasteiger partial charge in [-0.15, -0.1) is 0 Å². The number of aryl methyl sites for hydroxylation is 1. The minimum Gasteiger partial charge on any atom is -0.271 e. The van der Waals surface area contributed by atoms with Crippen LogP contribution < -0.4 is 11.3 Å². The molecule has 0 radical (unpaired) electrons. The van der Waals surface area contributed by atoms with Crippen LogP contribution in [-0.4, -0.2) is 4.98 Å². The molecule has 3 nitrogen and oxygen atoms in total. The van der Waals surface area contributed by atoms with E-state index in [1.165, 1.54) is 18.4 Å². The van der Waals surface area contributed by atoms with Gasteiger partial charge in [-0.3, -0.25) is 16.3 Å². The van der Waals surface area contributed by atoms with Gasteiger partial charge in [-0.25, -0.2) is 0 Å². The maximum absolute atomic E-state index is 5.65. The van der Waals surface area contributed by atoms with Crippen molar-refractivity contribution in [3.05, 3.63) is 29.6 Å². The maximum atomic E-state index is 5.65. The first-order valence-electron chi connectivity index (χ1n) is 6.10. The summed E-state index contributed by atoms with van der Waals surface area (Å²) in [7, 11) is 0. The van der Waals surface area contributed by atoms with Crippen LogP contribution >= 0.6 is 0 Å². The lowest BCUT2D eigenvalue weighted by Crippen LogP contribution is -2.30. The Morgan fingerprint density at radius 2 is 2.06 bits per heavy atom. The van der Waals surface area contributed by atoms with Gasteiger partial charge in [0, 0.05) is 17.9 Å². The first-order chi connectivity index (χ1) is 7.72. The fourth-order valence-corrected chi connectivity index (χ4v) is 2.11. The maximum Gasteiger partial charge on any atom is 0.0480 e. The molecule has 0 aliphatic carbocycles. The highest BCUT2D eigenvalue weighted by Crippen LogP contribution is 2.25. The Kier molecular flexibility index (Phi) is 5.43. The number of nitrogens with two attached hydrogens (primary N) is 1. The summed E-state index contributed by atoms with van der Waals surface area (Å²) in [5, 5.41) is 0. The highest BCUT2D eigenvalue weighted by molar-refractivity contribution is 5.22. The Balaban J connectivity index is 2.78. The molecule has 0 bridgehead atoms. The minimum absolute atomic E-state index is 0.221. The number of aromatic nitrogens is 1. The Bertz CT molecular complexity index is 308. The molecule has 1 aromatic heterocycles. The van der Waals surface area contributed by atoms with Gasteiger partial charge in [0.05, 0.1) is 0 Å². The van der Waals surface area contributed by atoms with E-state index in [0.29, 0.717) is 0 Å². The van der Waals surface area contributed by atoms with Gasteiger partial charge in [0.1, 0.15) is 0 Å². The van der Waals surface area contributed by atoms with Crippen molar-refractivity contribution in [2.75, 3.05) is 0 Å². The molecule has 0 aliphatic rings. The second kappa shape index (κ2) is 6.61. The van der Waals surface area contributed by atoms with E-state index in [9.17, 15) is 0 Å². The molecule has 0 saturated carbocycles. The number of rotatable bonds is 6. The summed E-state index contributed by atoms with van der Waals surface area (Å²) < 4.78 is 0. The molecular formula is C13H23N3. The topological polar surface area (TPSA) is 50.9 Å². The van der Waals surface area contributed by atoms with E-state index in [0.717, 1.165) is 18.0 Å². The Hall–Kier alpha value is -0.930. The number of hydrogen-bond donors (Lipinski definition) is 2. The predicted molar refractivity (Wildman–Crippen MR) is 67.7 cm³/mol. The van der Waals surface area contributed by atoms with Crippen molar-refractivity contribution in [1.29, 1.82) is 0 Å². The van der Waals surface area contributed by atoms with Crippen LogP contribution in [0.3, 0.4) is 0 Å². The lowest BCUT2D eigenvalue weighted by molar-refractivity contribution is 0.373. The van der Waals surface area contributed by atoms with Gasteiger partial charge in [0.25, 0.3) is 0 Å². The van der Waals surface area contributed by atoms with Gasteiger partial charge in [-0.05, 0) is 30.9 Å². The zero-order valence-corrected chi connectivity index (χ0v) is 10.5. The lowest BCUT2D eigenvalue weighted by Gasteiger charge is -2.22. The Morgan fingerprint density at radius 3 is 2.56 bits per heavy atom. The SMILES string of the molecule is CCC(CC)CC(NN)c1cccnc1C. The molecule has 1 rings (SSSR count). The standard InChI is InChI=1S/C13H23N3/c1-4-11(5-2)9-13(16-14)12-7-6-8-15-10(12)3/h6-8,11,13,16H,4-5,9,14H2,1-3H3. The molecule has 0 saturated heterocycles. The minimum atomic E-state index is 0.221. The molecule has 1 aromatic rings. The lowest BCUT2D eigenvalue weighted by atomic mass is 9.91. The van der Waals surface area contributed by atoms with Crippen LogP contribution in [0.4, 0.5) is 0 Å². The van der Waals surface area contributed by atoms with E-state index in [4.69, 9.17) is 5.84 Å². The zero-order chi connectivity index (χ0) is 12.0. The summed E-state index contributed by atoms with van der Waals surface area (Å²) in [6.07, 6.45) is 5.31. The smallest absolute Gasteiger partial charge is 0.0480 e. The molecule has 3 N–H and O–H groups in total. The molecule has 1 heterocycles. The molecule has 16 heavy (non-hydrogen) atoms. The second-order valence-corrected chi connectivity index (χ2v) is 4.32. The summed E-state index contributed by atoms with van der Waals surface area (Å²) in [6.45, 7) is 6.50. The largest absolute Gasteiger partial charge is 0.271 e. The third-order valence-corrected chi connectivity index (χ3v) is 3.35. The molecular weight excluding hydrogens is 198 g/mol. The first-order valence-corrected chi connectivity index (χ1v) is 6.10. The van der Waals surface area contributed by atoms with E-state index >= 15 is 0 Å². The molecule has 1 atom stereocenters. The molecule has 90 valence electrons. The van der Waals surface area contributed by atoms with Crippen molar-refractivity contribution in [3.8, 4) is 0 Å². The Labute approximate surface area is 98.4 Å². The number of hydrogen-bond acceptors (Lipinski definition) is 3. The average molecular weight is 221 g/mol. The fraction of sp³-hybridized carbons (Fsp3) is 0.615. The van der Waals surface area contributed by atoms with Crippen LogP contribution in [0.25, 0.3) is 0 Å². The number of pyridine rings is 1. The van der Waals surface area contributed by atoms with Crippen LogP contribution in [0.1, 0.15) is 50.4 Å². The molecule has 3 heteroatoms. The molecule has 0 fully saturated rings. The molecule has 0 aliphatic heterocycles. The van der Waals surface area contributed by atoms with Gasteiger partial charge in [-0.2, -0.15) is 0 Å². The molecule has 1 unspecified atom stereocenters. The summed E-state index contributed by atoms with van der Waals surface area (Å²) in [4.78, 5) is 4.31. The Morgan fingerprint density at radius 1 is 1.38 bits per heavy atom. The van der Waals surface area contributed by atoms with Gasteiger partial charge >= 0.3 is 0 Å². The number of nitrogens with zero attached hydrogens (tertiary/aromatic N) is 1. The fourth-order valence-electron chi connectivity index (χ4n) is 2.11. The summed E-state index contributed by atoms with van der Waals surface area (Å²) >= 11 is 0. The highest BCUT2D eigenvalue weighted by Gasteiger charge is 2.16. The number of nitrogens with one attached hydrogen (secondary N) is 1. The van der Waals surface area contributed by atoms with Crippen LogP contribution in [0, 0.1) is 12.8 Å².